The normalized spacial score (nSPS) is 14.2. The quantitative estimate of drug-likeness (QED) is 0.618. The van der Waals surface area contributed by atoms with Gasteiger partial charge in [0.25, 0.3) is 5.91 Å². The lowest BCUT2D eigenvalue weighted by molar-refractivity contribution is -0.124. The number of nitrogens with one attached hydrogen (secondary N) is 1. The van der Waals surface area contributed by atoms with Gasteiger partial charge in [-0.2, -0.15) is 0 Å². The molecule has 1 amide bonds. The minimum absolute atomic E-state index is 0.00421. The van der Waals surface area contributed by atoms with E-state index >= 15 is 0 Å². The van der Waals surface area contributed by atoms with Gasteiger partial charge < -0.3 is 15.0 Å². The van der Waals surface area contributed by atoms with Crippen LogP contribution < -0.4 is 10.2 Å². The number of anilines is 1. The molecule has 1 saturated heterocycles. The molecule has 1 aromatic heterocycles. The van der Waals surface area contributed by atoms with Gasteiger partial charge in [0, 0.05) is 32.1 Å². The van der Waals surface area contributed by atoms with E-state index in [4.69, 9.17) is 4.74 Å². The number of esters is 1. The maximum atomic E-state index is 12.8. The van der Waals surface area contributed by atoms with E-state index in [2.05, 4.69) is 5.32 Å². The van der Waals surface area contributed by atoms with Crippen molar-refractivity contribution in [2.45, 2.75) is 24.3 Å². The van der Waals surface area contributed by atoms with Crippen molar-refractivity contribution in [3.05, 3.63) is 46.2 Å². The van der Waals surface area contributed by atoms with Crippen LogP contribution in [0.3, 0.4) is 0 Å². The first kappa shape index (κ1) is 22.3. The van der Waals surface area contributed by atoms with E-state index in [-0.39, 0.29) is 10.5 Å². The number of sulfonamides is 1. The number of carbonyl (C=O) groups is 2. The summed E-state index contributed by atoms with van der Waals surface area (Å²) in [5.74, 6) is -1.14. The second-order valence-corrected chi connectivity index (χ2v) is 10.3. The molecule has 10 heteroatoms. The molecule has 1 aliphatic heterocycles. The van der Waals surface area contributed by atoms with Crippen LogP contribution in [0.1, 0.15) is 28.1 Å². The Morgan fingerprint density at radius 3 is 2.57 bits per heavy atom. The minimum atomic E-state index is -3.71. The predicted molar refractivity (Wildman–Crippen MR) is 115 cm³/mol. The first-order valence-electron chi connectivity index (χ1n) is 9.57. The lowest BCUT2D eigenvalue weighted by Crippen LogP contribution is -2.29. The average molecular weight is 452 g/mol. The molecular formula is C20H25N3O5S2. The van der Waals surface area contributed by atoms with Crippen LogP contribution in [0.15, 0.2) is 40.6 Å². The highest BCUT2D eigenvalue weighted by molar-refractivity contribution is 7.89. The lowest BCUT2D eigenvalue weighted by Gasteiger charge is -2.22. The van der Waals surface area contributed by atoms with Gasteiger partial charge in [-0.1, -0.05) is 6.07 Å². The Bertz CT molecular complexity index is 997. The number of ether oxygens (including phenoxy) is 1. The number of benzene rings is 1. The van der Waals surface area contributed by atoms with Gasteiger partial charge in [-0.15, -0.1) is 11.3 Å². The highest BCUT2D eigenvalue weighted by Crippen LogP contribution is 2.28. The Morgan fingerprint density at radius 2 is 1.93 bits per heavy atom. The molecular weight excluding hydrogens is 426 g/mol. The van der Waals surface area contributed by atoms with Crippen molar-refractivity contribution in [3.8, 4) is 0 Å². The monoisotopic (exact) mass is 451 g/mol. The summed E-state index contributed by atoms with van der Waals surface area (Å²) in [7, 11) is -0.849. The fourth-order valence-corrected chi connectivity index (χ4v) is 4.72. The Kier molecular flexibility index (Phi) is 7.11. The molecule has 0 atom stereocenters. The molecule has 0 bridgehead atoms. The van der Waals surface area contributed by atoms with Gasteiger partial charge in [0.05, 0.1) is 22.7 Å². The zero-order valence-corrected chi connectivity index (χ0v) is 18.6. The second-order valence-electron chi connectivity index (χ2n) is 7.09. The fourth-order valence-electron chi connectivity index (χ4n) is 3.14. The van der Waals surface area contributed by atoms with E-state index in [0.717, 1.165) is 35.1 Å². The molecule has 0 saturated carbocycles. The molecule has 1 N–H and O–H groups in total. The second kappa shape index (κ2) is 9.59. The van der Waals surface area contributed by atoms with E-state index in [9.17, 15) is 18.0 Å². The zero-order chi connectivity index (χ0) is 21.7. The van der Waals surface area contributed by atoms with Gasteiger partial charge in [-0.05, 0) is 42.5 Å². The third kappa shape index (κ3) is 5.18. The smallest absolute Gasteiger partial charge is 0.340 e. The first-order valence-corrected chi connectivity index (χ1v) is 11.9. The molecule has 0 spiro atoms. The molecule has 8 nitrogen and oxygen atoms in total. The van der Waals surface area contributed by atoms with Crippen molar-refractivity contribution in [2.24, 2.45) is 0 Å². The van der Waals surface area contributed by atoms with Crippen molar-refractivity contribution in [1.82, 2.24) is 9.62 Å². The number of carbonyl (C=O) groups excluding carboxylic acids is 2. The molecule has 3 rings (SSSR count). The molecule has 1 aromatic carbocycles. The summed E-state index contributed by atoms with van der Waals surface area (Å²) in [6.07, 6.45) is 1.99. The Morgan fingerprint density at radius 1 is 1.20 bits per heavy atom. The van der Waals surface area contributed by atoms with E-state index < -0.39 is 28.5 Å². The number of hydrogen-bond donors (Lipinski definition) is 1. The summed E-state index contributed by atoms with van der Waals surface area (Å²) in [6.45, 7) is 1.49. The Hall–Kier alpha value is -2.43. The largest absolute Gasteiger partial charge is 0.452 e. The van der Waals surface area contributed by atoms with Crippen LogP contribution in [0.25, 0.3) is 0 Å². The summed E-state index contributed by atoms with van der Waals surface area (Å²) < 4.78 is 31.3. The van der Waals surface area contributed by atoms with Crippen LogP contribution in [0.4, 0.5) is 5.69 Å². The highest BCUT2D eigenvalue weighted by atomic mass is 32.2. The van der Waals surface area contributed by atoms with Crippen molar-refractivity contribution >= 4 is 38.9 Å². The van der Waals surface area contributed by atoms with Crippen LogP contribution in [-0.2, 0) is 26.1 Å². The molecule has 0 unspecified atom stereocenters. The van der Waals surface area contributed by atoms with Gasteiger partial charge in [-0.25, -0.2) is 17.5 Å². The summed E-state index contributed by atoms with van der Waals surface area (Å²) in [5.41, 5.74) is 0.764. The minimum Gasteiger partial charge on any atom is -0.452 e. The topological polar surface area (TPSA) is 96.0 Å². The van der Waals surface area contributed by atoms with Gasteiger partial charge in [0.2, 0.25) is 10.0 Å². The third-order valence-corrected chi connectivity index (χ3v) is 7.47. The third-order valence-electron chi connectivity index (χ3n) is 4.79. The molecule has 2 aromatic rings. The van der Waals surface area contributed by atoms with E-state index in [0.29, 0.717) is 12.2 Å². The van der Waals surface area contributed by atoms with Crippen LogP contribution in [0.5, 0.6) is 0 Å². The van der Waals surface area contributed by atoms with Crippen LogP contribution in [0.2, 0.25) is 0 Å². The standard InChI is InChI=1S/C20H25N3O5S2/c1-22(2)30(26,27)16-7-8-18(23-9-3-4-10-23)17(12-16)20(25)28-14-19(24)21-13-15-6-5-11-29-15/h5-8,11-12H,3-4,9-10,13-14H2,1-2H3,(H,21,24). The molecule has 1 aliphatic rings. The summed E-state index contributed by atoms with van der Waals surface area (Å²) in [5, 5.41) is 4.61. The van der Waals surface area contributed by atoms with Crippen molar-refractivity contribution < 1.29 is 22.7 Å². The van der Waals surface area contributed by atoms with E-state index in [1.165, 1.54) is 37.6 Å². The number of thiophene rings is 1. The number of rotatable bonds is 8. The summed E-state index contributed by atoms with van der Waals surface area (Å²) in [4.78, 5) is 27.8. The number of nitrogens with zero attached hydrogens (tertiary/aromatic N) is 2. The Balaban J connectivity index is 1.75. The van der Waals surface area contributed by atoms with Gasteiger partial charge >= 0.3 is 5.97 Å². The van der Waals surface area contributed by atoms with Gasteiger partial charge in [-0.3, -0.25) is 4.79 Å². The maximum absolute atomic E-state index is 12.8. The summed E-state index contributed by atoms with van der Waals surface area (Å²) >= 11 is 1.52. The number of hydrogen-bond acceptors (Lipinski definition) is 7. The Labute approximate surface area is 180 Å². The van der Waals surface area contributed by atoms with E-state index in [1.807, 2.05) is 22.4 Å². The van der Waals surface area contributed by atoms with Crippen molar-refractivity contribution in [1.29, 1.82) is 0 Å². The van der Waals surface area contributed by atoms with E-state index in [1.54, 1.807) is 6.07 Å². The molecule has 1 fully saturated rings. The average Bonchev–Trinajstić information content (AvgIpc) is 3.44. The zero-order valence-electron chi connectivity index (χ0n) is 17.0. The molecule has 2 heterocycles. The molecule has 0 radical (unpaired) electrons. The highest BCUT2D eigenvalue weighted by Gasteiger charge is 2.25. The molecule has 0 aliphatic carbocycles. The first-order chi connectivity index (χ1) is 14.3. The van der Waals surface area contributed by atoms with Gasteiger partial charge in [0.15, 0.2) is 6.61 Å². The fraction of sp³-hybridized carbons (Fsp3) is 0.400. The lowest BCUT2D eigenvalue weighted by atomic mass is 10.1. The van der Waals surface area contributed by atoms with Crippen LogP contribution >= 0.6 is 11.3 Å². The van der Waals surface area contributed by atoms with Crippen LogP contribution in [0, 0.1) is 0 Å². The maximum Gasteiger partial charge on any atom is 0.340 e. The molecule has 162 valence electrons. The SMILES string of the molecule is CN(C)S(=O)(=O)c1ccc(N2CCCC2)c(C(=O)OCC(=O)NCc2cccs2)c1. The van der Waals surface area contributed by atoms with Crippen LogP contribution in [-0.4, -0.2) is 58.4 Å². The van der Waals surface area contributed by atoms with Crippen molar-refractivity contribution in [2.75, 3.05) is 38.7 Å². The van der Waals surface area contributed by atoms with Crippen molar-refractivity contribution in [3.63, 3.8) is 0 Å². The predicted octanol–water partition coefficient (Wildman–Crippen LogP) is 2.07. The van der Waals surface area contributed by atoms with Gasteiger partial charge in [0.1, 0.15) is 0 Å². The number of amides is 1. The summed E-state index contributed by atoms with van der Waals surface area (Å²) in [6, 6.07) is 8.24. The molecule has 30 heavy (non-hydrogen) atoms.